The maximum absolute atomic E-state index is 11.1. The van der Waals surface area contributed by atoms with E-state index in [-0.39, 0.29) is 0 Å². The minimum atomic E-state index is -1.15. The molecule has 0 heterocycles. The number of carbonyl (C=O) groups excluding carboxylic acids is 2. The highest BCUT2D eigenvalue weighted by molar-refractivity contribution is 5.89. The lowest BCUT2D eigenvalue weighted by Crippen LogP contribution is -2.50. The number of nitrogens with one attached hydrogen (secondary N) is 2. The van der Waals surface area contributed by atoms with Gasteiger partial charge in [0.2, 0.25) is 5.91 Å². The van der Waals surface area contributed by atoms with Gasteiger partial charge in [0.15, 0.2) is 0 Å². The molecule has 80 valence electrons. The Kier molecular flexibility index (Phi) is 4.41. The Morgan fingerprint density at radius 3 is 2.00 bits per heavy atom. The average molecular weight is 203 g/mol. The quantitative estimate of drug-likeness (QED) is 0.450. The number of carboxylic acids is 1. The van der Waals surface area contributed by atoms with Gasteiger partial charge in [-0.25, -0.2) is 4.79 Å². The number of amides is 3. The zero-order valence-electron chi connectivity index (χ0n) is 7.90. The van der Waals surface area contributed by atoms with Crippen LogP contribution in [0.3, 0.4) is 0 Å². The third-order valence-corrected chi connectivity index (χ3v) is 1.48. The number of urea groups is 1. The van der Waals surface area contributed by atoms with Gasteiger partial charge in [-0.2, -0.15) is 0 Å². The van der Waals surface area contributed by atoms with E-state index in [2.05, 4.69) is 10.6 Å². The summed E-state index contributed by atoms with van der Waals surface area (Å²) in [6.07, 6.45) is 0. The van der Waals surface area contributed by atoms with E-state index in [1.165, 1.54) is 13.8 Å². The summed E-state index contributed by atoms with van der Waals surface area (Å²) in [6, 6.07) is -2.69. The summed E-state index contributed by atoms with van der Waals surface area (Å²) >= 11 is 0. The van der Waals surface area contributed by atoms with Crippen LogP contribution in [0.5, 0.6) is 0 Å². The minimum Gasteiger partial charge on any atom is -0.480 e. The number of hydrogen-bond acceptors (Lipinski definition) is 3. The number of aliphatic carboxylic acids is 1. The van der Waals surface area contributed by atoms with Gasteiger partial charge in [0, 0.05) is 0 Å². The predicted octanol–water partition coefficient (Wildman–Crippen LogP) is -1.37. The number of hydrogen-bond donors (Lipinski definition) is 4. The Labute approximate surface area is 80.6 Å². The average Bonchev–Trinajstić information content (AvgIpc) is 2.02. The molecule has 0 saturated carbocycles. The fraction of sp³-hybridized carbons (Fsp3) is 0.571. The molecule has 7 nitrogen and oxygen atoms in total. The van der Waals surface area contributed by atoms with Crippen molar-refractivity contribution in [1.82, 2.24) is 10.6 Å². The van der Waals surface area contributed by atoms with Crippen LogP contribution in [-0.2, 0) is 9.59 Å². The predicted molar refractivity (Wildman–Crippen MR) is 47.4 cm³/mol. The number of rotatable bonds is 4. The van der Waals surface area contributed by atoms with Gasteiger partial charge in [0.1, 0.15) is 12.1 Å². The van der Waals surface area contributed by atoms with Gasteiger partial charge in [0.05, 0.1) is 0 Å². The molecule has 0 fully saturated rings. The highest BCUT2D eigenvalue weighted by Gasteiger charge is 2.19. The fourth-order valence-electron chi connectivity index (χ4n) is 0.679. The molecule has 0 saturated heterocycles. The topological polar surface area (TPSA) is 122 Å². The van der Waals surface area contributed by atoms with Crippen molar-refractivity contribution >= 4 is 17.9 Å². The van der Waals surface area contributed by atoms with Gasteiger partial charge in [-0.15, -0.1) is 0 Å². The molecule has 0 aliphatic heterocycles. The van der Waals surface area contributed by atoms with Gasteiger partial charge in [-0.05, 0) is 13.8 Å². The standard InChI is InChI=1S/C7H13N3O4/c1-3(10-7(8)14)5(11)9-4(2)6(12)13/h3-4H,1-2H3,(H,9,11)(H,12,13)(H3,8,10,14)/t3?,4-/m0/s1. The smallest absolute Gasteiger partial charge is 0.325 e. The van der Waals surface area contributed by atoms with Crippen molar-refractivity contribution in [1.29, 1.82) is 0 Å². The summed E-state index contributed by atoms with van der Waals surface area (Å²) in [5, 5.41) is 12.8. The van der Waals surface area contributed by atoms with Crippen molar-refractivity contribution in [3.63, 3.8) is 0 Å². The number of carbonyl (C=O) groups is 3. The molecule has 0 aromatic rings. The Bertz CT molecular complexity index is 253. The van der Waals surface area contributed by atoms with Crippen LogP contribution < -0.4 is 16.4 Å². The van der Waals surface area contributed by atoms with Crippen molar-refractivity contribution in [2.45, 2.75) is 25.9 Å². The summed E-state index contributed by atoms with van der Waals surface area (Å²) in [4.78, 5) is 31.9. The van der Waals surface area contributed by atoms with E-state index in [9.17, 15) is 14.4 Å². The molecule has 1 unspecified atom stereocenters. The van der Waals surface area contributed by atoms with Crippen LogP contribution in [0.1, 0.15) is 13.8 Å². The van der Waals surface area contributed by atoms with Crippen LogP contribution in [0.15, 0.2) is 0 Å². The van der Waals surface area contributed by atoms with E-state index >= 15 is 0 Å². The van der Waals surface area contributed by atoms with Crippen LogP contribution in [0.25, 0.3) is 0 Å². The van der Waals surface area contributed by atoms with E-state index in [1.807, 2.05) is 0 Å². The first-order valence-electron chi connectivity index (χ1n) is 3.93. The van der Waals surface area contributed by atoms with Crippen molar-refractivity contribution < 1.29 is 19.5 Å². The van der Waals surface area contributed by atoms with Gasteiger partial charge in [0.25, 0.3) is 0 Å². The first-order valence-corrected chi connectivity index (χ1v) is 3.93. The first-order chi connectivity index (χ1) is 6.34. The summed E-state index contributed by atoms with van der Waals surface area (Å²) in [7, 11) is 0. The SMILES string of the molecule is CC(NC(N)=O)C(=O)N[C@@H](C)C(=O)O. The molecule has 0 radical (unpaired) electrons. The third kappa shape index (κ3) is 4.29. The molecule has 0 bridgehead atoms. The first kappa shape index (κ1) is 12.2. The minimum absolute atomic E-state index is 0.598. The maximum atomic E-state index is 11.1. The zero-order chi connectivity index (χ0) is 11.3. The van der Waals surface area contributed by atoms with E-state index in [4.69, 9.17) is 10.8 Å². The van der Waals surface area contributed by atoms with Crippen molar-refractivity contribution in [2.75, 3.05) is 0 Å². The van der Waals surface area contributed by atoms with Crippen molar-refractivity contribution in [2.24, 2.45) is 5.73 Å². The van der Waals surface area contributed by atoms with Gasteiger partial charge in [-0.3, -0.25) is 9.59 Å². The molecule has 0 spiro atoms. The Hall–Kier alpha value is -1.79. The normalized spacial score (nSPS) is 13.9. The summed E-state index contributed by atoms with van der Waals surface area (Å²) in [6.45, 7) is 2.71. The van der Waals surface area contributed by atoms with Crippen LogP contribution in [0, 0.1) is 0 Å². The molecule has 7 heteroatoms. The summed E-state index contributed by atoms with van der Waals surface area (Å²) in [5.74, 6) is -1.75. The van der Waals surface area contributed by atoms with Crippen LogP contribution in [-0.4, -0.2) is 35.1 Å². The molecule has 0 aromatic heterocycles. The van der Waals surface area contributed by atoms with Gasteiger partial charge < -0.3 is 21.5 Å². The fourth-order valence-corrected chi connectivity index (χ4v) is 0.679. The van der Waals surface area contributed by atoms with Gasteiger partial charge >= 0.3 is 12.0 Å². The molecule has 3 amide bonds. The second-order valence-corrected chi connectivity index (χ2v) is 2.80. The zero-order valence-corrected chi connectivity index (χ0v) is 7.90. The molecule has 5 N–H and O–H groups in total. The number of nitrogens with two attached hydrogens (primary N) is 1. The summed E-state index contributed by atoms with van der Waals surface area (Å²) < 4.78 is 0. The lowest BCUT2D eigenvalue weighted by Gasteiger charge is -2.14. The molecule has 14 heavy (non-hydrogen) atoms. The summed E-state index contributed by atoms with van der Waals surface area (Å²) in [5.41, 5.74) is 4.78. The molecular formula is C7H13N3O4. The molecule has 0 rings (SSSR count). The third-order valence-electron chi connectivity index (χ3n) is 1.48. The van der Waals surface area contributed by atoms with E-state index in [1.54, 1.807) is 0 Å². The molecular weight excluding hydrogens is 190 g/mol. The Balaban J connectivity index is 4.07. The largest absolute Gasteiger partial charge is 0.480 e. The second kappa shape index (κ2) is 5.05. The number of carboxylic acid groups (broad SMARTS) is 1. The lowest BCUT2D eigenvalue weighted by atomic mass is 10.2. The number of primary amides is 1. The molecule has 2 atom stereocenters. The highest BCUT2D eigenvalue weighted by atomic mass is 16.4. The molecule has 0 aliphatic rings. The Morgan fingerprint density at radius 2 is 1.64 bits per heavy atom. The monoisotopic (exact) mass is 203 g/mol. The van der Waals surface area contributed by atoms with E-state index in [0.717, 1.165) is 0 Å². The second-order valence-electron chi connectivity index (χ2n) is 2.80. The van der Waals surface area contributed by atoms with Gasteiger partial charge in [-0.1, -0.05) is 0 Å². The molecule has 0 aromatic carbocycles. The maximum Gasteiger partial charge on any atom is 0.325 e. The van der Waals surface area contributed by atoms with E-state index < -0.39 is 30.0 Å². The van der Waals surface area contributed by atoms with E-state index in [0.29, 0.717) is 0 Å². The van der Waals surface area contributed by atoms with Crippen molar-refractivity contribution in [3.8, 4) is 0 Å². The Morgan fingerprint density at radius 1 is 1.14 bits per heavy atom. The van der Waals surface area contributed by atoms with Crippen molar-refractivity contribution in [3.05, 3.63) is 0 Å². The lowest BCUT2D eigenvalue weighted by molar-refractivity contribution is -0.141. The van der Waals surface area contributed by atoms with Crippen LogP contribution in [0.2, 0.25) is 0 Å². The van der Waals surface area contributed by atoms with Crippen LogP contribution >= 0.6 is 0 Å². The molecule has 0 aliphatic carbocycles. The van der Waals surface area contributed by atoms with Crippen LogP contribution in [0.4, 0.5) is 4.79 Å². The highest BCUT2D eigenvalue weighted by Crippen LogP contribution is 1.86.